The second kappa shape index (κ2) is 39.6. The van der Waals surface area contributed by atoms with Gasteiger partial charge in [0.15, 0.2) is 18.7 Å². The predicted octanol–water partition coefficient (Wildman–Crippen LogP) is 7.04. The number of hydrogen-bond acceptors (Lipinski definition) is 15. The third kappa shape index (κ3) is 27.4. The maximum atomic E-state index is 13.0. The summed E-state index contributed by atoms with van der Waals surface area (Å²) in [4.78, 5) is 25.7. The molecule has 4 unspecified atom stereocenters. The van der Waals surface area contributed by atoms with E-state index in [0.29, 0.717) is 19.3 Å². The van der Waals surface area contributed by atoms with Gasteiger partial charge in [-0.05, 0) is 77.0 Å². The number of aliphatic hydroxyl groups excluding tert-OH is 7. The van der Waals surface area contributed by atoms with Gasteiger partial charge in [0.05, 0.1) is 19.8 Å². The molecule has 0 aromatic heterocycles. The molecule has 15 heteroatoms. The lowest BCUT2D eigenvalue weighted by atomic mass is 9.98. The maximum absolute atomic E-state index is 13.0. The van der Waals surface area contributed by atoms with Gasteiger partial charge >= 0.3 is 11.9 Å². The van der Waals surface area contributed by atoms with Crippen LogP contribution in [-0.4, -0.2) is 142 Å². The molecule has 0 radical (unpaired) electrons. The summed E-state index contributed by atoms with van der Waals surface area (Å²) in [6.07, 6.45) is 29.4. The van der Waals surface area contributed by atoms with Gasteiger partial charge in [-0.1, -0.05) is 138 Å². The summed E-state index contributed by atoms with van der Waals surface area (Å²) in [7, 11) is 0. The number of unbranched alkanes of at least 4 members (excludes halogenated alkanes) is 12. The van der Waals surface area contributed by atoms with Gasteiger partial charge in [0.1, 0.15) is 55.4 Å². The van der Waals surface area contributed by atoms with E-state index in [1.54, 1.807) is 0 Å². The first-order valence-electron chi connectivity index (χ1n) is 25.5. The van der Waals surface area contributed by atoms with E-state index >= 15 is 0 Å². The van der Waals surface area contributed by atoms with E-state index in [-0.39, 0.29) is 19.4 Å². The average molecular weight is 965 g/mol. The molecule has 2 saturated heterocycles. The van der Waals surface area contributed by atoms with Crippen LogP contribution < -0.4 is 0 Å². The third-order valence-electron chi connectivity index (χ3n) is 11.7. The Kier molecular flexibility index (Phi) is 35.6. The van der Waals surface area contributed by atoms with Crippen molar-refractivity contribution in [1.29, 1.82) is 0 Å². The minimum absolute atomic E-state index is 0.134. The van der Waals surface area contributed by atoms with Gasteiger partial charge < -0.3 is 64.2 Å². The fourth-order valence-corrected chi connectivity index (χ4v) is 7.48. The molecule has 15 nitrogen and oxygen atoms in total. The third-order valence-corrected chi connectivity index (χ3v) is 11.7. The van der Waals surface area contributed by atoms with E-state index in [1.165, 1.54) is 38.5 Å². The van der Waals surface area contributed by atoms with Crippen molar-refractivity contribution in [3.63, 3.8) is 0 Å². The van der Waals surface area contributed by atoms with Crippen molar-refractivity contribution in [3.05, 3.63) is 72.9 Å². The molecule has 2 rings (SSSR count). The van der Waals surface area contributed by atoms with Crippen molar-refractivity contribution in [3.8, 4) is 0 Å². The van der Waals surface area contributed by atoms with Crippen molar-refractivity contribution in [2.45, 2.75) is 223 Å². The average Bonchev–Trinajstić information content (AvgIpc) is 3.33. The molecule has 2 heterocycles. The van der Waals surface area contributed by atoms with E-state index in [1.807, 2.05) is 12.2 Å². The van der Waals surface area contributed by atoms with Crippen molar-refractivity contribution in [1.82, 2.24) is 0 Å². The van der Waals surface area contributed by atoms with E-state index in [0.717, 1.165) is 70.6 Å². The highest BCUT2D eigenvalue weighted by atomic mass is 16.7. The fourth-order valence-electron chi connectivity index (χ4n) is 7.48. The first-order chi connectivity index (χ1) is 33.0. The van der Waals surface area contributed by atoms with Crippen LogP contribution in [0.3, 0.4) is 0 Å². The summed E-state index contributed by atoms with van der Waals surface area (Å²) in [6, 6.07) is 0. The molecule has 0 saturated carbocycles. The highest BCUT2D eigenvalue weighted by Crippen LogP contribution is 2.26. The molecule has 2 fully saturated rings. The lowest BCUT2D eigenvalue weighted by Gasteiger charge is -2.42. The Labute approximate surface area is 406 Å². The zero-order valence-electron chi connectivity index (χ0n) is 41.1. The van der Waals surface area contributed by atoms with Crippen molar-refractivity contribution in [2.24, 2.45) is 0 Å². The van der Waals surface area contributed by atoms with Gasteiger partial charge in [-0.2, -0.15) is 0 Å². The van der Waals surface area contributed by atoms with Crippen LogP contribution in [0.2, 0.25) is 0 Å². The molecule has 0 amide bonds. The highest BCUT2D eigenvalue weighted by molar-refractivity contribution is 5.70. The molecule has 0 aromatic rings. The topological polar surface area (TPSA) is 231 Å². The van der Waals surface area contributed by atoms with Gasteiger partial charge in [-0.15, -0.1) is 0 Å². The largest absolute Gasteiger partial charge is 0.462 e. The standard InChI is InChI=1S/C53H88O15/c1-3-5-7-9-11-13-15-17-19-20-22-23-25-27-29-31-33-35-44(55)63-38-41(66-45(56)36-34-32-30-28-26-24-21-18-16-14-12-10-8-6-4-2)39-64-52-51(62)49(60)47(58)43(68-52)40-65-53-50(61)48(59)46(57)42(37-54)67-53/h5,7,11,13,17-19,21-23,27,29,41-43,46-54,57-62H,3-4,6,8-10,12,14-16,20,24-26,28,30-40H2,1-2H3/b7-5+,13-11+,19-17+,21-18+,23-22+,29-27+/t41-,42+,43+,46-,47-,48?,49?,50?,51?,52+,53+/m0/s1. The number of allylic oxidation sites excluding steroid dienone is 12. The summed E-state index contributed by atoms with van der Waals surface area (Å²) in [6.45, 7) is 2.38. The van der Waals surface area contributed by atoms with Crippen LogP contribution >= 0.6 is 0 Å². The summed E-state index contributed by atoms with van der Waals surface area (Å²) in [5.41, 5.74) is 0. The monoisotopic (exact) mass is 965 g/mol. The Morgan fingerprint density at radius 3 is 1.51 bits per heavy atom. The first kappa shape index (κ1) is 61.1. The number of rotatable bonds is 38. The molecule has 0 aliphatic carbocycles. The lowest BCUT2D eigenvalue weighted by Crippen LogP contribution is -2.61. The van der Waals surface area contributed by atoms with Gasteiger partial charge in [-0.25, -0.2) is 0 Å². The van der Waals surface area contributed by atoms with E-state index in [2.05, 4.69) is 74.6 Å². The number of hydrogen-bond donors (Lipinski definition) is 7. The number of carbonyl (C=O) groups is 2. The van der Waals surface area contributed by atoms with Crippen LogP contribution in [0.15, 0.2) is 72.9 Å². The van der Waals surface area contributed by atoms with E-state index in [4.69, 9.17) is 28.4 Å². The zero-order chi connectivity index (χ0) is 49.6. The van der Waals surface area contributed by atoms with Gasteiger partial charge in [0.25, 0.3) is 0 Å². The van der Waals surface area contributed by atoms with Crippen molar-refractivity contribution < 1.29 is 73.8 Å². The molecule has 68 heavy (non-hydrogen) atoms. The maximum Gasteiger partial charge on any atom is 0.306 e. The second-order valence-corrected chi connectivity index (χ2v) is 17.6. The Morgan fingerprint density at radius 2 is 0.941 bits per heavy atom. The first-order valence-corrected chi connectivity index (χ1v) is 25.5. The summed E-state index contributed by atoms with van der Waals surface area (Å²) < 4.78 is 33.5. The highest BCUT2D eigenvalue weighted by Gasteiger charge is 2.47. The molecule has 7 N–H and O–H groups in total. The molecule has 390 valence electrons. The Hall–Kier alpha value is -3.06. The Bertz CT molecular complexity index is 1460. The van der Waals surface area contributed by atoms with Crippen LogP contribution in [0.25, 0.3) is 0 Å². The molecule has 11 atom stereocenters. The summed E-state index contributed by atoms with van der Waals surface area (Å²) >= 11 is 0. The molecule has 0 bridgehead atoms. The van der Waals surface area contributed by atoms with Gasteiger partial charge in [0.2, 0.25) is 0 Å². The Balaban J connectivity index is 1.85. The van der Waals surface area contributed by atoms with Gasteiger partial charge in [-0.3, -0.25) is 9.59 Å². The number of carbonyl (C=O) groups excluding carboxylic acids is 2. The smallest absolute Gasteiger partial charge is 0.306 e. The predicted molar refractivity (Wildman–Crippen MR) is 261 cm³/mol. The lowest BCUT2D eigenvalue weighted by molar-refractivity contribution is -0.332. The van der Waals surface area contributed by atoms with Crippen LogP contribution in [0.4, 0.5) is 0 Å². The summed E-state index contributed by atoms with van der Waals surface area (Å²) in [5, 5.41) is 72.1. The van der Waals surface area contributed by atoms with Crippen molar-refractivity contribution in [2.75, 3.05) is 26.4 Å². The molecular weight excluding hydrogens is 877 g/mol. The minimum Gasteiger partial charge on any atom is -0.462 e. The molecular formula is C53H88O15. The van der Waals surface area contributed by atoms with Crippen LogP contribution in [0.1, 0.15) is 155 Å². The quantitative estimate of drug-likeness (QED) is 0.0187. The van der Waals surface area contributed by atoms with Crippen LogP contribution in [0.5, 0.6) is 0 Å². The fraction of sp³-hybridized carbons (Fsp3) is 0.736. The second-order valence-electron chi connectivity index (χ2n) is 17.6. The number of esters is 2. The number of ether oxygens (including phenoxy) is 6. The van der Waals surface area contributed by atoms with Gasteiger partial charge in [0, 0.05) is 12.8 Å². The molecule has 2 aliphatic rings. The minimum atomic E-state index is -1.78. The van der Waals surface area contributed by atoms with E-state index in [9.17, 15) is 45.3 Å². The normalized spacial score (nSPS) is 26.4. The number of aliphatic hydroxyl groups is 7. The molecule has 2 aliphatic heterocycles. The Morgan fingerprint density at radius 1 is 0.485 bits per heavy atom. The van der Waals surface area contributed by atoms with Crippen molar-refractivity contribution >= 4 is 11.9 Å². The zero-order valence-corrected chi connectivity index (χ0v) is 41.1. The molecule has 0 aromatic carbocycles. The summed E-state index contributed by atoms with van der Waals surface area (Å²) in [5.74, 6) is -1.01. The molecule has 0 spiro atoms. The van der Waals surface area contributed by atoms with Crippen LogP contribution in [0, 0.1) is 0 Å². The van der Waals surface area contributed by atoms with E-state index < -0.39 is 99.3 Å². The van der Waals surface area contributed by atoms with Crippen LogP contribution in [-0.2, 0) is 38.0 Å². The SMILES string of the molecule is CC/C=C/C/C=C/C/C=C/C/C=C/C/C=C/CCCC(=O)OC[C@@H](CO[C@@H]1O[C@H](CO[C@@H]2O[C@H](CO)[C@H](O)C(O)C2O)[C@H](O)C(O)C1O)OC(=O)CCCCCCC/C=C/CCCCCCCC.